The fourth-order valence-electron chi connectivity index (χ4n) is 0.997. The molecule has 6 heteroatoms. The fourth-order valence-corrected chi connectivity index (χ4v) is 2.25. The number of ether oxygens (including phenoxy) is 1. The molecule has 0 radical (unpaired) electrons. The largest absolute Gasteiger partial charge is 0.459 e. The molecule has 102 valence electrons. The third kappa shape index (κ3) is 8.43. The van der Waals surface area contributed by atoms with Crippen molar-refractivity contribution in [2.75, 3.05) is 20.9 Å². The summed E-state index contributed by atoms with van der Waals surface area (Å²) in [6.45, 7) is 3.70. The van der Waals surface area contributed by atoms with E-state index in [1.54, 1.807) is 45.4 Å². The van der Waals surface area contributed by atoms with E-state index in [2.05, 4.69) is 9.82 Å². The van der Waals surface area contributed by atoms with Gasteiger partial charge >= 0.3 is 0 Å². The lowest BCUT2D eigenvalue weighted by Gasteiger charge is -2.16. The number of hydrogen-bond acceptors (Lipinski definition) is 4. The minimum atomic E-state index is -0.836. The second-order valence-corrected chi connectivity index (χ2v) is 5.38. The Morgan fingerprint density at radius 2 is 1.83 bits per heavy atom. The number of benzene rings is 1. The third-order valence-electron chi connectivity index (χ3n) is 1.65. The van der Waals surface area contributed by atoms with Crippen LogP contribution in [-0.2, 0) is 9.53 Å². The molecule has 1 rings (SSSR count). The van der Waals surface area contributed by atoms with E-state index < -0.39 is 8.30 Å². The molecular weight excluding hydrogens is 273 g/mol. The molecule has 0 aliphatic rings. The third-order valence-corrected chi connectivity index (χ3v) is 3.15. The molecular formula is C12H19ClNO3P. The number of halogens is 1. The molecule has 1 N–H and O–H groups in total. The van der Waals surface area contributed by atoms with Crippen molar-refractivity contribution in [2.45, 2.75) is 13.0 Å². The van der Waals surface area contributed by atoms with Gasteiger partial charge in [0, 0.05) is 25.9 Å². The molecule has 0 amide bonds. The molecule has 0 bridgehead atoms. The first-order valence-electron chi connectivity index (χ1n) is 5.32. The molecule has 1 unspecified atom stereocenters. The summed E-state index contributed by atoms with van der Waals surface area (Å²) in [7, 11) is 2.41. The summed E-state index contributed by atoms with van der Waals surface area (Å²) in [5.41, 5.74) is 0. The Morgan fingerprint density at radius 1 is 1.33 bits per heavy atom. The number of nitrogens with one attached hydrogen (secondary N) is 1. The van der Waals surface area contributed by atoms with Crippen LogP contribution in [0.1, 0.15) is 6.92 Å². The second kappa shape index (κ2) is 10.3. The Labute approximate surface area is 115 Å². The van der Waals surface area contributed by atoms with Gasteiger partial charge in [-0.2, -0.15) is 0 Å². The maximum atomic E-state index is 10.4. The highest BCUT2D eigenvalue weighted by Gasteiger charge is 2.07. The summed E-state index contributed by atoms with van der Waals surface area (Å²) in [6.07, 6.45) is 0.851. The lowest BCUT2D eigenvalue weighted by molar-refractivity contribution is -0.108. The Bertz CT molecular complexity index is 335. The molecule has 0 fully saturated rings. The van der Waals surface area contributed by atoms with E-state index in [1.165, 1.54) is 0 Å². The van der Waals surface area contributed by atoms with Crippen molar-refractivity contribution in [3.8, 4) is 5.75 Å². The molecule has 0 saturated carbocycles. The monoisotopic (exact) mass is 291 g/mol. The highest BCUT2D eigenvalue weighted by molar-refractivity contribution is 7.49. The minimum Gasteiger partial charge on any atom is -0.459 e. The summed E-state index contributed by atoms with van der Waals surface area (Å²) in [5.74, 6) is 0.749. The highest BCUT2D eigenvalue weighted by Crippen LogP contribution is 2.30. The summed E-state index contributed by atoms with van der Waals surface area (Å²) in [5, 5.41) is 3.71. The first kappa shape index (κ1) is 17.3. The van der Waals surface area contributed by atoms with E-state index in [0.717, 1.165) is 12.0 Å². The molecule has 0 heterocycles. The van der Waals surface area contributed by atoms with Crippen molar-refractivity contribution >= 4 is 26.2 Å². The van der Waals surface area contributed by atoms with E-state index in [1.807, 2.05) is 6.66 Å². The smallest absolute Gasteiger partial charge is 0.158 e. The molecule has 1 aromatic carbocycles. The molecule has 0 spiro atoms. The van der Waals surface area contributed by atoms with Crippen molar-refractivity contribution in [1.29, 1.82) is 0 Å². The second-order valence-electron chi connectivity index (χ2n) is 3.50. The summed E-state index contributed by atoms with van der Waals surface area (Å²) in [4.78, 5) is 10.4. The molecule has 0 aliphatic heterocycles. The lowest BCUT2D eigenvalue weighted by Crippen LogP contribution is -2.23. The normalized spacial score (nSPS) is 12.9. The quantitative estimate of drug-likeness (QED) is 0.669. The number of rotatable bonds is 5. The predicted octanol–water partition coefficient (Wildman–Crippen LogP) is 3.10. The molecule has 0 aliphatic carbocycles. The standard InChI is InChI=1S/C10H13ClNO2P.C2H6O/c1-8(7-13)12-15(2)14-10-5-3-9(11)4-6-10;1-3-2/h3-8,12H,1-2H3;1-2H3/t8-,15?;/m0./s1. The van der Waals surface area contributed by atoms with Crippen LogP contribution < -0.4 is 9.61 Å². The Kier molecular flexibility index (Phi) is 9.89. The predicted molar refractivity (Wildman–Crippen MR) is 76.5 cm³/mol. The van der Waals surface area contributed by atoms with Gasteiger partial charge in [0.1, 0.15) is 12.0 Å². The topological polar surface area (TPSA) is 47.6 Å². The molecule has 1 aromatic rings. The van der Waals surface area contributed by atoms with Gasteiger partial charge in [0.2, 0.25) is 0 Å². The summed E-state index contributed by atoms with van der Waals surface area (Å²) in [6, 6.07) is 6.95. The maximum Gasteiger partial charge on any atom is 0.158 e. The average Bonchev–Trinajstić information content (AvgIpc) is 2.33. The van der Waals surface area contributed by atoms with E-state index in [0.29, 0.717) is 5.02 Å². The van der Waals surface area contributed by atoms with Gasteiger partial charge in [-0.1, -0.05) is 11.6 Å². The van der Waals surface area contributed by atoms with Crippen molar-refractivity contribution in [3.05, 3.63) is 29.3 Å². The SMILES string of the molecule is COC.C[C@@H](C=O)NP(C)Oc1ccc(Cl)cc1. The van der Waals surface area contributed by atoms with Crippen molar-refractivity contribution < 1.29 is 14.1 Å². The van der Waals surface area contributed by atoms with Crippen LogP contribution in [0.15, 0.2) is 24.3 Å². The van der Waals surface area contributed by atoms with Crippen LogP contribution in [0.25, 0.3) is 0 Å². The van der Waals surface area contributed by atoms with E-state index in [9.17, 15) is 4.79 Å². The van der Waals surface area contributed by atoms with E-state index in [4.69, 9.17) is 16.1 Å². The molecule has 0 aromatic heterocycles. The Hall–Kier alpha value is -0.670. The van der Waals surface area contributed by atoms with Crippen LogP contribution in [0.3, 0.4) is 0 Å². The number of hydrogen-bond donors (Lipinski definition) is 1. The van der Waals surface area contributed by atoms with Gasteiger partial charge < -0.3 is 14.1 Å². The van der Waals surface area contributed by atoms with E-state index >= 15 is 0 Å². The van der Waals surface area contributed by atoms with Crippen LogP contribution in [0.2, 0.25) is 5.02 Å². The molecule has 0 saturated heterocycles. The maximum absolute atomic E-state index is 10.4. The first-order valence-corrected chi connectivity index (χ1v) is 7.40. The van der Waals surface area contributed by atoms with Crippen molar-refractivity contribution in [2.24, 2.45) is 0 Å². The fraction of sp³-hybridized carbons (Fsp3) is 0.417. The minimum absolute atomic E-state index is 0.187. The van der Waals surface area contributed by atoms with Gasteiger partial charge in [0.25, 0.3) is 0 Å². The highest BCUT2D eigenvalue weighted by atomic mass is 35.5. The van der Waals surface area contributed by atoms with E-state index in [-0.39, 0.29) is 6.04 Å². The average molecular weight is 292 g/mol. The number of carbonyl (C=O) groups excluding carboxylic acids is 1. The van der Waals surface area contributed by atoms with Gasteiger partial charge in [-0.05, 0) is 31.2 Å². The molecule has 18 heavy (non-hydrogen) atoms. The van der Waals surface area contributed by atoms with Crippen molar-refractivity contribution in [3.63, 3.8) is 0 Å². The Morgan fingerprint density at radius 3 is 2.28 bits per heavy atom. The van der Waals surface area contributed by atoms with Crippen LogP contribution in [0.4, 0.5) is 0 Å². The zero-order valence-corrected chi connectivity index (χ0v) is 12.7. The van der Waals surface area contributed by atoms with Crippen LogP contribution in [0, 0.1) is 0 Å². The first-order chi connectivity index (χ1) is 8.53. The van der Waals surface area contributed by atoms with Gasteiger partial charge in [-0.15, -0.1) is 0 Å². The number of methoxy groups -OCH3 is 1. The van der Waals surface area contributed by atoms with Crippen LogP contribution in [0.5, 0.6) is 5.75 Å². The lowest BCUT2D eigenvalue weighted by atomic mass is 10.3. The van der Waals surface area contributed by atoms with Gasteiger partial charge in [0.05, 0.1) is 6.04 Å². The number of aldehydes is 1. The Balaban J connectivity index is 0.000000873. The zero-order valence-electron chi connectivity index (χ0n) is 11.0. The van der Waals surface area contributed by atoms with Crippen LogP contribution >= 0.6 is 19.9 Å². The molecule has 4 nitrogen and oxygen atoms in total. The number of carbonyl (C=O) groups is 1. The van der Waals surface area contributed by atoms with Gasteiger partial charge in [-0.25, -0.2) is 0 Å². The summed E-state index contributed by atoms with van der Waals surface area (Å²) >= 11 is 5.74. The van der Waals surface area contributed by atoms with Crippen LogP contribution in [-0.4, -0.2) is 33.2 Å². The zero-order chi connectivity index (χ0) is 14.0. The van der Waals surface area contributed by atoms with Crippen molar-refractivity contribution in [1.82, 2.24) is 5.09 Å². The van der Waals surface area contributed by atoms with Gasteiger partial charge in [-0.3, -0.25) is 5.09 Å². The molecule has 2 atom stereocenters. The summed E-state index contributed by atoms with van der Waals surface area (Å²) < 4.78 is 9.83. The van der Waals surface area contributed by atoms with Gasteiger partial charge in [0.15, 0.2) is 8.30 Å².